The lowest BCUT2D eigenvalue weighted by molar-refractivity contribution is -0.137. The third kappa shape index (κ3) is 8.37. The Hall–Kier alpha value is -5.24. The smallest absolute Gasteiger partial charge is 0.418 e. The summed E-state index contributed by atoms with van der Waals surface area (Å²) in [5.74, 6) is 1.79. The van der Waals surface area contributed by atoms with Gasteiger partial charge in [-0.2, -0.15) is 13.2 Å². The number of hydrogen-bond acceptors (Lipinski definition) is 8. The highest BCUT2D eigenvalue weighted by Crippen LogP contribution is 2.40. The van der Waals surface area contributed by atoms with E-state index >= 15 is 0 Å². The number of aromatic nitrogens is 1. The molecule has 2 heterocycles. The van der Waals surface area contributed by atoms with Gasteiger partial charge in [0.1, 0.15) is 11.5 Å². The van der Waals surface area contributed by atoms with Crippen LogP contribution in [0, 0.1) is 0 Å². The van der Waals surface area contributed by atoms with Crippen molar-refractivity contribution in [3.8, 4) is 23.0 Å². The summed E-state index contributed by atoms with van der Waals surface area (Å²) in [5, 5.41) is 8.76. The number of alkyl halides is 3. The number of nitrogens with one attached hydrogen (secondary N) is 3. The van der Waals surface area contributed by atoms with Crippen molar-refractivity contribution >= 4 is 39.9 Å². The molecule has 14 heteroatoms. The summed E-state index contributed by atoms with van der Waals surface area (Å²) < 4.78 is 59.4. The molecule has 1 saturated heterocycles. The Morgan fingerprint density at radius 2 is 1.60 bits per heavy atom. The number of pyridine rings is 1. The largest absolute Gasteiger partial charge is 0.493 e. The van der Waals surface area contributed by atoms with Crippen molar-refractivity contribution < 1.29 is 37.0 Å². The number of anilines is 3. The van der Waals surface area contributed by atoms with Gasteiger partial charge in [-0.25, -0.2) is 4.79 Å². The van der Waals surface area contributed by atoms with E-state index in [1.54, 1.807) is 72.6 Å². The molecule has 1 fully saturated rings. The van der Waals surface area contributed by atoms with E-state index in [4.69, 9.17) is 14.2 Å². The fourth-order valence-electron chi connectivity index (χ4n) is 5.54. The number of urea groups is 1. The van der Waals surface area contributed by atoms with Crippen LogP contribution in [0.2, 0.25) is 0 Å². The second kappa shape index (κ2) is 14.7. The Labute approximate surface area is 276 Å². The first kappa shape index (κ1) is 34.1. The zero-order chi connectivity index (χ0) is 34.4. The van der Waals surface area contributed by atoms with Gasteiger partial charge >= 0.3 is 12.2 Å². The van der Waals surface area contributed by atoms with Crippen LogP contribution in [0.5, 0.6) is 23.0 Å². The number of methoxy groups -OCH3 is 2. The highest BCUT2D eigenvalue weighted by Gasteiger charge is 2.36. The van der Waals surface area contributed by atoms with Crippen LogP contribution in [-0.2, 0) is 11.0 Å². The van der Waals surface area contributed by atoms with Gasteiger partial charge in [0.25, 0.3) is 0 Å². The van der Waals surface area contributed by atoms with Gasteiger partial charge in [0, 0.05) is 59.9 Å². The normalized spacial score (nSPS) is 13.7. The summed E-state index contributed by atoms with van der Waals surface area (Å²) in [7, 11) is 6.64. The van der Waals surface area contributed by atoms with Gasteiger partial charge in [-0.1, -0.05) is 6.07 Å². The summed E-state index contributed by atoms with van der Waals surface area (Å²) in [4.78, 5) is 32.8. The lowest BCUT2D eigenvalue weighted by Crippen LogP contribution is -2.47. The highest BCUT2D eigenvalue weighted by atomic mass is 19.4. The molecule has 0 aliphatic carbocycles. The number of hydrogen-bond donors (Lipinski definition) is 3. The molecule has 5 rings (SSSR count). The number of fused-ring (bicyclic) bond motifs is 1. The van der Waals surface area contributed by atoms with Crippen molar-refractivity contribution in [2.75, 3.05) is 63.5 Å². The summed E-state index contributed by atoms with van der Waals surface area (Å²) in [6.07, 6.45) is -2.03. The molecule has 3 aromatic carbocycles. The Morgan fingerprint density at radius 3 is 2.27 bits per heavy atom. The molecule has 0 saturated carbocycles. The molecule has 3 amide bonds. The van der Waals surface area contributed by atoms with Gasteiger partial charge < -0.3 is 40.0 Å². The Morgan fingerprint density at radius 1 is 0.917 bits per heavy atom. The van der Waals surface area contributed by atoms with Crippen molar-refractivity contribution in [2.45, 2.75) is 25.1 Å². The number of ether oxygens (including phenoxy) is 3. The van der Waals surface area contributed by atoms with Crippen molar-refractivity contribution in [1.29, 1.82) is 0 Å². The maximum atomic E-state index is 14.2. The molecule has 0 radical (unpaired) electrons. The number of carbonyl (C=O) groups excluding carboxylic acids is 2. The molecular formula is C34H37F3N6O5. The van der Waals surface area contributed by atoms with Gasteiger partial charge in [-0.3, -0.25) is 9.78 Å². The first-order valence-electron chi connectivity index (χ1n) is 15.2. The number of piperidine rings is 1. The van der Waals surface area contributed by atoms with Crippen LogP contribution in [0.25, 0.3) is 10.9 Å². The van der Waals surface area contributed by atoms with Gasteiger partial charge in [-0.15, -0.1) is 0 Å². The number of carbonyl (C=O) groups is 2. The van der Waals surface area contributed by atoms with Gasteiger partial charge in [0.05, 0.1) is 31.8 Å². The standard InChI is InChI=1S/C34H37F3N6O5/c1-42(2)20-32(44)39-21-11-14-43(15-12-21)28-9-8-23(17-26(28)34(35,36)37)41-33(45)40-22-6-5-7-24(16-22)48-29-10-13-38-27-19-31(47-4)30(46-3)18-25(27)29/h5-10,13,16-19,21H,11-12,14-15,20H2,1-4H3,(H,39,44)(H2,40,41,45). The molecule has 0 spiro atoms. The van der Waals surface area contributed by atoms with E-state index in [1.807, 2.05) is 0 Å². The fraction of sp³-hybridized carbons (Fsp3) is 0.324. The van der Waals surface area contributed by atoms with E-state index in [1.165, 1.54) is 26.4 Å². The van der Waals surface area contributed by atoms with Crippen LogP contribution in [0.15, 0.2) is 66.9 Å². The zero-order valence-electron chi connectivity index (χ0n) is 27.0. The maximum absolute atomic E-state index is 14.2. The predicted octanol–water partition coefficient (Wildman–Crippen LogP) is 6.35. The molecule has 0 atom stereocenters. The quantitative estimate of drug-likeness (QED) is 0.179. The van der Waals surface area contributed by atoms with Crippen LogP contribution >= 0.6 is 0 Å². The molecule has 1 aliphatic heterocycles. The average molecular weight is 667 g/mol. The summed E-state index contributed by atoms with van der Waals surface area (Å²) in [6.45, 7) is 0.937. The topological polar surface area (TPSA) is 117 Å². The highest BCUT2D eigenvalue weighted by molar-refractivity contribution is 6.00. The average Bonchev–Trinajstić information content (AvgIpc) is 3.04. The van der Waals surface area contributed by atoms with Crippen LogP contribution in [0.4, 0.5) is 35.0 Å². The van der Waals surface area contributed by atoms with Crippen molar-refractivity contribution in [2.24, 2.45) is 0 Å². The number of amides is 3. The SMILES string of the molecule is COc1cc2nccc(Oc3cccc(NC(=O)Nc4ccc(N5CCC(NC(=O)CN(C)C)CC5)c(C(F)(F)F)c4)c3)c2cc1OC. The molecule has 3 N–H and O–H groups in total. The van der Waals surface area contributed by atoms with E-state index in [2.05, 4.69) is 20.9 Å². The number of halogens is 3. The lowest BCUT2D eigenvalue weighted by atomic mass is 10.0. The fourth-order valence-corrected chi connectivity index (χ4v) is 5.54. The second-order valence-electron chi connectivity index (χ2n) is 11.5. The summed E-state index contributed by atoms with van der Waals surface area (Å²) in [6, 6.07) is 14.7. The molecular weight excluding hydrogens is 629 g/mol. The van der Waals surface area contributed by atoms with Crippen LogP contribution in [-0.4, -0.2) is 75.8 Å². The number of benzene rings is 3. The van der Waals surface area contributed by atoms with Crippen LogP contribution in [0.1, 0.15) is 18.4 Å². The van der Waals surface area contributed by atoms with Gasteiger partial charge in [-0.05, 0) is 69.4 Å². The molecule has 0 bridgehead atoms. The first-order valence-corrected chi connectivity index (χ1v) is 15.2. The van der Waals surface area contributed by atoms with Crippen molar-refractivity contribution in [3.63, 3.8) is 0 Å². The molecule has 48 heavy (non-hydrogen) atoms. The molecule has 0 unspecified atom stereocenters. The van der Waals surface area contributed by atoms with E-state index < -0.39 is 17.8 Å². The van der Waals surface area contributed by atoms with Crippen molar-refractivity contribution in [3.05, 3.63) is 72.4 Å². The van der Waals surface area contributed by atoms with Gasteiger partial charge in [0.2, 0.25) is 5.91 Å². The van der Waals surface area contributed by atoms with Crippen molar-refractivity contribution in [1.82, 2.24) is 15.2 Å². The minimum Gasteiger partial charge on any atom is -0.493 e. The summed E-state index contributed by atoms with van der Waals surface area (Å²) in [5.41, 5.74) is 0.127. The van der Waals surface area contributed by atoms with Crippen LogP contribution in [0.3, 0.4) is 0 Å². The Bertz CT molecular complexity index is 1780. The molecule has 4 aromatic rings. The van der Waals surface area contributed by atoms with Gasteiger partial charge in [0.15, 0.2) is 11.5 Å². The zero-order valence-corrected chi connectivity index (χ0v) is 27.0. The van der Waals surface area contributed by atoms with E-state index in [9.17, 15) is 22.8 Å². The van der Waals surface area contributed by atoms with E-state index in [0.29, 0.717) is 65.5 Å². The molecule has 1 aliphatic rings. The minimum absolute atomic E-state index is 0.0190. The predicted molar refractivity (Wildman–Crippen MR) is 177 cm³/mol. The molecule has 254 valence electrons. The molecule has 11 nitrogen and oxygen atoms in total. The first-order chi connectivity index (χ1) is 22.9. The second-order valence-corrected chi connectivity index (χ2v) is 11.5. The third-order valence-electron chi connectivity index (χ3n) is 7.75. The monoisotopic (exact) mass is 666 g/mol. The summed E-state index contributed by atoms with van der Waals surface area (Å²) >= 11 is 0. The Kier molecular flexibility index (Phi) is 10.4. The maximum Gasteiger partial charge on any atom is 0.418 e. The van der Waals surface area contributed by atoms with Crippen LogP contribution < -0.4 is 35.1 Å². The lowest BCUT2D eigenvalue weighted by Gasteiger charge is -2.35. The number of nitrogens with zero attached hydrogens (tertiary/aromatic N) is 3. The van der Waals surface area contributed by atoms with E-state index in [-0.39, 0.29) is 29.9 Å². The molecule has 1 aromatic heterocycles. The Balaban J connectivity index is 1.25. The number of rotatable bonds is 10. The number of likely N-dealkylation sites (N-methyl/N-ethyl adjacent to an activating group) is 1. The third-order valence-corrected chi connectivity index (χ3v) is 7.75. The van der Waals surface area contributed by atoms with E-state index in [0.717, 1.165) is 6.07 Å². The minimum atomic E-state index is -4.65.